The molecule has 1 unspecified atom stereocenters. The van der Waals surface area contributed by atoms with E-state index >= 15 is 0 Å². The molecule has 6 heteroatoms. The van der Waals surface area contributed by atoms with Crippen LogP contribution in [0.3, 0.4) is 0 Å². The van der Waals surface area contributed by atoms with Gasteiger partial charge in [0.15, 0.2) is 11.6 Å². The van der Waals surface area contributed by atoms with E-state index in [1.165, 1.54) is 12.1 Å². The van der Waals surface area contributed by atoms with Crippen molar-refractivity contribution < 1.29 is 13.2 Å². The maximum atomic E-state index is 13.6. The zero-order valence-electron chi connectivity index (χ0n) is 10.3. The number of hydrogen-bond donors (Lipinski definition) is 2. The summed E-state index contributed by atoms with van der Waals surface area (Å²) >= 11 is 3.00. The van der Waals surface area contributed by atoms with Gasteiger partial charge in [0.2, 0.25) is 0 Å². The average molecular weight is 345 g/mol. The first kappa shape index (κ1) is 15.0. The predicted octanol–water partition coefficient (Wildman–Crippen LogP) is 3.61. The molecule has 0 aliphatic rings. The van der Waals surface area contributed by atoms with Crippen LogP contribution in [0, 0.1) is 17.5 Å². The number of benzene rings is 2. The minimum absolute atomic E-state index is 0.0169. The summed E-state index contributed by atoms with van der Waals surface area (Å²) in [6, 6.07) is 8.12. The zero-order valence-corrected chi connectivity index (χ0v) is 11.9. The number of nitrogens with one attached hydrogen (secondary N) is 1. The molecule has 0 bridgehead atoms. The largest absolute Gasteiger partial charge is 0.271 e. The Morgan fingerprint density at radius 1 is 1.05 bits per heavy atom. The van der Waals surface area contributed by atoms with E-state index < -0.39 is 17.7 Å². The van der Waals surface area contributed by atoms with Crippen molar-refractivity contribution in [3.05, 3.63) is 69.4 Å². The molecule has 2 aromatic carbocycles. The predicted molar refractivity (Wildman–Crippen MR) is 74.2 cm³/mol. The summed E-state index contributed by atoms with van der Waals surface area (Å²) in [6.45, 7) is 0. The quantitative estimate of drug-likeness (QED) is 0.505. The van der Waals surface area contributed by atoms with E-state index in [2.05, 4.69) is 21.4 Å². The monoisotopic (exact) mass is 344 g/mol. The Morgan fingerprint density at radius 2 is 1.75 bits per heavy atom. The van der Waals surface area contributed by atoms with Crippen LogP contribution in [0.4, 0.5) is 13.2 Å². The standard InChI is InChI=1S/C14H12BrF3N2/c15-13-9(5-6-11(17)14(13)18)12(20-19)7-8-3-1-2-4-10(8)16/h1-6,12,20H,7,19H2. The lowest BCUT2D eigenvalue weighted by molar-refractivity contribution is 0.488. The molecule has 2 nitrogen and oxygen atoms in total. The summed E-state index contributed by atoms with van der Waals surface area (Å²) in [6.07, 6.45) is 0.215. The molecule has 0 amide bonds. The van der Waals surface area contributed by atoms with E-state index in [0.29, 0.717) is 11.1 Å². The summed E-state index contributed by atoms with van der Waals surface area (Å²) in [5, 5.41) is 0. The second kappa shape index (κ2) is 6.39. The number of nitrogens with two attached hydrogens (primary N) is 1. The van der Waals surface area contributed by atoms with Crippen molar-refractivity contribution in [2.75, 3.05) is 0 Å². The van der Waals surface area contributed by atoms with E-state index in [9.17, 15) is 13.2 Å². The Balaban J connectivity index is 2.34. The van der Waals surface area contributed by atoms with Crippen LogP contribution in [-0.4, -0.2) is 0 Å². The molecule has 0 spiro atoms. The van der Waals surface area contributed by atoms with Crippen molar-refractivity contribution in [2.24, 2.45) is 5.84 Å². The van der Waals surface area contributed by atoms with Crippen LogP contribution in [0.25, 0.3) is 0 Å². The van der Waals surface area contributed by atoms with Crippen LogP contribution in [0.5, 0.6) is 0 Å². The third-order valence-corrected chi connectivity index (χ3v) is 3.83. The molecule has 0 aromatic heterocycles. The first-order valence-corrected chi connectivity index (χ1v) is 6.66. The number of hydrazine groups is 1. The van der Waals surface area contributed by atoms with Crippen molar-refractivity contribution >= 4 is 15.9 Å². The molecule has 0 saturated carbocycles. The molecule has 2 rings (SSSR count). The first-order valence-electron chi connectivity index (χ1n) is 5.87. The van der Waals surface area contributed by atoms with Gasteiger partial charge in [0.1, 0.15) is 5.82 Å². The topological polar surface area (TPSA) is 38.0 Å². The fourth-order valence-corrected chi connectivity index (χ4v) is 2.55. The minimum atomic E-state index is -0.990. The summed E-state index contributed by atoms with van der Waals surface area (Å²) in [5.41, 5.74) is 3.36. The van der Waals surface area contributed by atoms with Gasteiger partial charge in [-0.15, -0.1) is 0 Å². The van der Waals surface area contributed by atoms with Gasteiger partial charge in [-0.25, -0.2) is 13.2 Å². The second-order valence-corrected chi connectivity index (χ2v) is 5.07. The van der Waals surface area contributed by atoms with Gasteiger partial charge in [-0.3, -0.25) is 11.3 Å². The Hall–Kier alpha value is -1.37. The molecule has 0 heterocycles. The van der Waals surface area contributed by atoms with E-state index in [1.54, 1.807) is 18.2 Å². The van der Waals surface area contributed by atoms with E-state index in [-0.39, 0.29) is 16.7 Å². The maximum absolute atomic E-state index is 13.6. The highest BCUT2D eigenvalue weighted by Crippen LogP contribution is 2.29. The fraction of sp³-hybridized carbons (Fsp3) is 0.143. The third-order valence-electron chi connectivity index (χ3n) is 3.02. The lowest BCUT2D eigenvalue weighted by Gasteiger charge is -2.18. The smallest absolute Gasteiger partial charge is 0.173 e. The Bertz CT molecular complexity index is 619. The average Bonchev–Trinajstić information content (AvgIpc) is 2.45. The Labute approximate surface area is 122 Å². The highest BCUT2D eigenvalue weighted by molar-refractivity contribution is 9.10. The van der Waals surface area contributed by atoms with Crippen molar-refractivity contribution in [1.29, 1.82) is 0 Å². The molecule has 1 atom stereocenters. The molecule has 0 fully saturated rings. The molecule has 0 aliphatic heterocycles. The summed E-state index contributed by atoms with van der Waals surface area (Å²) in [7, 11) is 0. The van der Waals surface area contributed by atoms with E-state index in [4.69, 9.17) is 5.84 Å². The number of halogens is 4. The van der Waals surface area contributed by atoms with Crippen molar-refractivity contribution in [3.8, 4) is 0 Å². The van der Waals surface area contributed by atoms with Gasteiger partial charge in [0.05, 0.1) is 10.5 Å². The van der Waals surface area contributed by atoms with Gasteiger partial charge < -0.3 is 0 Å². The normalized spacial score (nSPS) is 12.4. The van der Waals surface area contributed by atoms with Gasteiger partial charge in [0, 0.05) is 0 Å². The Morgan fingerprint density at radius 3 is 2.40 bits per heavy atom. The van der Waals surface area contributed by atoms with Crippen LogP contribution in [0.15, 0.2) is 40.9 Å². The van der Waals surface area contributed by atoms with Crippen molar-refractivity contribution in [2.45, 2.75) is 12.5 Å². The van der Waals surface area contributed by atoms with Gasteiger partial charge >= 0.3 is 0 Å². The summed E-state index contributed by atoms with van der Waals surface area (Å²) in [5.74, 6) is 3.14. The molecule has 106 valence electrons. The lowest BCUT2D eigenvalue weighted by atomic mass is 9.99. The molecule has 0 aliphatic carbocycles. The highest BCUT2D eigenvalue weighted by atomic mass is 79.9. The minimum Gasteiger partial charge on any atom is -0.271 e. The SMILES string of the molecule is NNC(Cc1ccccc1F)c1ccc(F)c(F)c1Br. The Kier molecular flexibility index (Phi) is 4.80. The molecular weight excluding hydrogens is 333 g/mol. The first-order chi connectivity index (χ1) is 9.54. The lowest BCUT2D eigenvalue weighted by Crippen LogP contribution is -2.30. The molecular formula is C14H12BrF3N2. The van der Waals surface area contributed by atoms with Gasteiger partial charge in [0.25, 0.3) is 0 Å². The van der Waals surface area contributed by atoms with Gasteiger partial charge in [-0.1, -0.05) is 24.3 Å². The molecule has 2 aromatic rings. The third kappa shape index (κ3) is 3.03. The van der Waals surface area contributed by atoms with Crippen LogP contribution in [0.2, 0.25) is 0 Å². The zero-order chi connectivity index (χ0) is 14.7. The van der Waals surface area contributed by atoms with E-state index in [0.717, 1.165) is 6.07 Å². The van der Waals surface area contributed by atoms with E-state index in [1.807, 2.05) is 0 Å². The van der Waals surface area contributed by atoms with Gasteiger partial charge in [-0.2, -0.15) is 0 Å². The summed E-state index contributed by atoms with van der Waals surface area (Å²) < 4.78 is 40.3. The van der Waals surface area contributed by atoms with Crippen molar-refractivity contribution in [3.63, 3.8) is 0 Å². The van der Waals surface area contributed by atoms with Gasteiger partial charge in [-0.05, 0) is 45.6 Å². The van der Waals surface area contributed by atoms with Crippen LogP contribution < -0.4 is 11.3 Å². The summed E-state index contributed by atoms with van der Waals surface area (Å²) in [4.78, 5) is 0. The number of rotatable bonds is 4. The molecule has 0 saturated heterocycles. The van der Waals surface area contributed by atoms with Crippen LogP contribution in [0.1, 0.15) is 17.2 Å². The maximum Gasteiger partial charge on any atom is 0.173 e. The highest BCUT2D eigenvalue weighted by Gasteiger charge is 2.19. The van der Waals surface area contributed by atoms with Crippen molar-refractivity contribution in [1.82, 2.24) is 5.43 Å². The second-order valence-electron chi connectivity index (χ2n) is 4.28. The molecule has 3 N–H and O–H groups in total. The fourth-order valence-electron chi connectivity index (χ4n) is 1.95. The molecule has 20 heavy (non-hydrogen) atoms. The molecule has 0 radical (unpaired) electrons. The van der Waals surface area contributed by atoms with Crippen LogP contribution >= 0.6 is 15.9 Å². The van der Waals surface area contributed by atoms with Crippen LogP contribution in [-0.2, 0) is 6.42 Å². The number of hydrogen-bond acceptors (Lipinski definition) is 2.